The van der Waals surface area contributed by atoms with Gasteiger partial charge < -0.3 is 25.2 Å². The maximum atomic E-state index is 12.1. The van der Waals surface area contributed by atoms with Crippen LogP contribution in [0.3, 0.4) is 0 Å². The predicted molar refractivity (Wildman–Crippen MR) is 114 cm³/mol. The fraction of sp³-hybridized carbons (Fsp3) is 0.476. The second-order valence-electron chi connectivity index (χ2n) is 7.15. The molecule has 1 fully saturated rings. The smallest absolute Gasteiger partial charge is 0.251 e. The number of nitrogens with one attached hydrogen (secondary N) is 2. The lowest BCUT2D eigenvalue weighted by molar-refractivity contribution is 0.0953. The minimum atomic E-state index is -0.190. The summed E-state index contributed by atoms with van der Waals surface area (Å²) in [5, 5.41) is 19.7. The van der Waals surface area contributed by atoms with Gasteiger partial charge in [0.05, 0.1) is 5.69 Å². The molecule has 0 radical (unpaired) electrons. The molecular formula is C21H30N6O3. The van der Waals surface area contributed by atoms with Gasteiger partial charge in [-0.1, -0.05) is 11.2 Å². The second-order valence-corrected chi connectivity index (χ2v) is 7.15. The Balaban J connectivity index is 1.40. The van der Waals surface area contributed by atoms with Crippen molar-refractivity contribution in [2.45, 2.75) is 19.9 Å². The van der Waals surface area contributed by atoms with Crippen LogP contribution in [-0.2, 0) is 6.54 Å². The van der Waals surface area contributed by atoms with E-state index in [1.54, 1.807) is 24.5 Å². The fourth-order valence-corrected chi connectivity index (χ4v) is 3.31. The van der Waals surface area contributed by atoms with Crippen molar-refractivity contribution in [1.82, 2.24) is 25.6 Å². The predicted octanol–water partition coefficient (Wildman–Crippen LogP) is 1.28. The molecule has 1 aromatic heterocycles. The molecule has 0 bridgehead atoms. The SMILES string of the molecule is CCNC(=NCCCNC(=O)c1cccc(O)c1)N1CCN(Cc2ccon2)CC1. The summed E-state index contributed by atoms with van der Waals surface area (Å²) in [5.74, 6) is 0.812. The number of benzene rings is 1. The molecule has 30 heavy (non-hydrogen) atoms. The molecule has 1 aliphatic rings. The Morgan fingerprint density at radius 1 is 1.23 bits per heavy atom. The highest BCUT2D eigenvalue weighted by atomic mass is 16.5. The summed E-state index contributed by atoms with van der Waals surface area (Å²) < 4.78 is 4.90. The molecule has 0 saturated carbocycles. The first-order valence-electron chi connectivity index (χ1n) is 10.4. The number of carbonyl (C=O) groups is 1. The molecule has 0 spiro atoms. The van der Waals surface area contributed by atoms with Gasteiger partial charge in [-0.05, 0) is 31.5 Å². The van der Waals surface area contributed by atoms with E-state index in [0.29, 0.717) is 18.7 Å². The van der Waals surface area contributed by atoms with Crippen molar-refractivity contribution in [2.24, 2.45) is 4.99 Å². The normalized spacial score (nSPS) is 15.2. The van der Waals surface area contributed by atoms with E-state index < -0.39 is 0 Å². The highest BCUT2D eigenvalue weighted by Gasteiger charge is 2.20. The number of hydrogen-bond acceptors (Lipinski definition) is 6. The van der Waals surface area contributed by atoms with Gasteiger partial charge in [0.1, 0.15) is 12.0 Å². The van der Waals surface area contributed by atoms with Crippen LogP contribution in [0.4, 0.5) is 0 Å². The van der Waals surface area contributed by atoms with Crippen LogP contribution in [0.1, 0.15) is 29.4 Å². The molecule has 3 N–H and O–H groups in total. The number of rotatable bonds is 8. The van der Waals surface area contributed by atoms with Crippen molar-refractivity contribution in [3.05, 3.63) is 47.9 Å². The molecule has 1 aromatic carbocycles. The van der Waals surface area contributed by atoms with Crippen LogP contribution in [0, 0.1) is 0 Å². The Morgan fingerprint density at radius 3 is 2.77 bits per heavy atom. The fourth-order valence-electron chi connectivity index (χ4n) is 3.31. The van der Waals surface area contributed by atoms with Gasteiger partial charge in [-0.15, -0.1) is 0 Å². The molecule has 2 aromatic rings. The summed E-state index contributed by atoms with van der Waals surface area (Å²) in [4.78, 5) is 21.4. The van der Waals surface area contributed by atoms with Crippen LogP contribution in [0.25, 0.3) is 0 Å². The molecule has 0 unspecified atom stereocenters. The Morgan fingerprint density at radius 2 is 2.07 bits per heavy atom. The summed E-state index contributed by atoms with van der Waals surface area (Å²) in [5.41, 5.74) is 1.41. The van der Waals surface area contributed by atoms with Crippen molar-refractivity contribution < 1.29 is 14.4 Å². The van der Waals surface area contributed by atoms with Crippen molar-refractivity contribution in [2.75, 3.05) is 45.8 Å². The largest absolute Gasteiger partial charge is 0.508 e. The lowest BCUT2D eigenvalue weighted by Crippen LogP contribution is -2.52. The Labute approximate surface area is 176 Å². The number of carbonyl (C=O) groups excluding carboxylic acids is 1. The highest BCUT2D eigenvalue weighted by molar-refractivity contribution is 5.94. The summed E-state index contributed by atoms with van der Waals surface area (Å²) in [6.07, 6.45) is 2.35. The van der Waals surface area contributed by atoms with Gasteiger partial charge in [0.15, 0.2) is 5.96 Å². The van der Waals surface area contributed by atoms with Crippen LogP contribution >= 0.6 is 0 Å². The molecule has 9 heteroatoms. The number of amides is 1. The monoisotopic (exact) mass is 414 g/mol. The zero-order valence-electron chi connectivity index (χ0n) is 17.4. The number of nitrogens with zero attached hydrogens (tertiary/aromatic N) is 4. The summed E-state index contributed by atoms with van der Waals surface area (Å²) in [7, 11) is 0. The van der Waals surface area contributed by atoms with Gasteiger partial charge in [-0.3, -0.25) is 14.7 Å². The standard InChI is InChI=1S/C21H30N6O3/c1-2-22-21(27-12-10-26(11-13-27)16-18-7-14-30-25-18)24-9-4-8-23-20(29)17-5-3-6-19(28)15-17/h3,5-7,14-15,28H,2,4,8-13,16H2,1H3,(H,22,24)(H,23,29). The second kappa shape index (κ2) is 11.2. The van der Waals surface area contributed by atoms with Crippen LogP contribution in [0.2, 0.25) is 0 Å². The highest BCUT2D eigenvalue weighted by Crippen LogP contribution is 2.10. The van der Waals surface area contributed by atoms with Crippen LogP contribution < -0.4 is 10.6 Å². The minimum absolute atomic E-state index is 0.0867. The average Bonchev–Trinajstić information content (AvgIpc) is 3.26. The number of aromatic nitrogens is 1. The number of piperazine rings is 1. The Hall–Kier alpha value is -3.07. The molecule has 0 atom stereocenters. The van der Waals surface area contributed by atoms with Gasteiger partial charge in [0, 0.05) is 64.0 Å². The summed E-state index contributed by atoms with van der Waals surface area (Å²) in [6.45, 7) is 8.52. The van der Waals surface area contributed by atoms with Gasteiger partial charge in [0.2, 0.25) is 0 Å². The molecule has 1 aliphatic heterocycles. The molecule has 0 aliphatic carbocycles. The van der Waals surface area contributed by atoms with Gasteiger partial charge >= 0.3 is 0 Å². The number of aliphatic imine (C=N–C) groups is 1. The molecular weight excluding hydrogens is 384 g/mol. The number of aromatic hydroxyl groups is 1. The van der Waals surface area contributed by atoms with Crippen LogP contribution in [-0.4, -0.2) is 77.7 Å². The molecule has 162 valence electrons. The third kappa shape index (κ3) is 6.48. The zero-order chi connectivity index (χ0) is 21.2. The van der Waals surface area contributed by atoms with Crippen LogP contribution in [0.5, 0.6) is 5.75 Å². The Bertz CT molecular complexity index is 816. The minimum Gasteiger partial charge on any atom is -0.508 e. The van der Waals surface area contributed by atoms with Crippen molar-refractivity contribution in [3.63, 3.8) is 0 Å². The number of phenolic OH excluding ortho intramolecular Hbond substituents is 1. The third-order valence-corrected chi connectivity index (χ3v) is 4.87. The number of hydrogen-bond donors (Lipinski definition) is 3. The maximum Gasteiger partial charge on any atom is 0.251 e. The quantitative estimate of drug-likeness (QED) is 0.339. The topological polar surface area (TPSA) is 106 Å². The molecule has 9 nitrogen and oxygen atoms in total. The van der Waals surface area contributed by atoms with Crippen LogP contribution in [0.15, 0.2) is 46.1 Å². The van der Waals surface area contributed by atoms with Crippen molar-refractivity contribution in [1.29, 1.82) is 0 Å². The van der Waals surface area contributed by atoms with E-state index >= 15 is 0 Å². The first kappa shape index (κ1) is 21.6. The first-order chi connectivity index (χ1) is 14.7. The average molecular weight is 415 g/mol. The first-order valence-corrected chi connectivity index (χ1v) is 10.4. The van der Waals surface area contributed by atoms with E-state index in [1.165, 1.54) is 6.07 Å². The number of guanidine groups is 1. The summed E-state index contributed by atoms with van der Waals surface area (Å²) in [6, 6.07) is 8.24. The maximum absolute atomic E-state index is 12.1. The van der Waals surface area contributed by atoms with Gasteiger partial charge in [-0.2, -0.15) is 0 Å². The van der Waals surface area contributed by atoms with E-state index in [9.17, 15) is 9.90 Å². The Kier molecular flexibility index (Phi) is 8.08. The molecule has 3 rings (SSSR count). The lowest BCUT2D eigenvalue weighted by atomic mass is 10.2. The van der Waals surface area contributed by atoms with E-state index in [0.717, 1.165) is 57.3 Å². The van der Waals surface area contributed by atoms with Crippen molar-refractivity contribution in [3.8, 4) is 5.75 Å². The third-order valence-electron chi connectivity index (χ3n) is 4.87. The molecule has 1 saturated heterocycles. The molecule has 2 heterocycles. The van der Waals surface area contributed by atoms with E-state index in [4.69, 9.17) is 9.52 Å². The van der Waals surface area contributed by atoms with Gasteiger partial charge in [-0.25, -0.2) is 0 Å². The number of phenols is 1. The van der Waals surface area contributed by atoms with E-state index in [1.807, 2.05) is 6.07 Å². The molecule has 1 amide bonds. The van der Waals surface area contributed by atoms with Crippen molar-refractivity contribution >= 4 is 11.9 Å². The zero-order valence-corrected chi connectivity index (χ0v) is 17.4. The lowest BCUT2D eigenvalue weighted by Gasteiger charge is -2.36. The summed E-state index contributed by atoms with van der Waals surface area (Å²) >= 11 is 0. The van der Waals surface area contributed by atoms with Gasteiger partial charge in [0.25, 0.3) is 5.91 Å². The van der Waals surface area contributed by atoms with E-state index in [2.05, 4.69) is 32.5 Å². The van der Waals surface area contributed by atoms with E-state index in [-0.39, 0.29) is 11.7 Å².